The summed E-state index contributed by atoms with van der Waals surface area (Å²) in [6.07, 6.45) is 5.39. The van der Waals surface area contributed by atoms with E-state index < -0.39 is 0 Å². The standard InChI is InChI=1S/C13H15N5S2/c1-19-13(14)17-7-8-2-3-10-9(6-8)18-11-12(20-10)16-5-4-15-11/h2-6,13,17H,7,14H2,1H3,(H,15,18). The van der Waals surface area contributed by atoms with E-state index in [0.29, 0.717) is 0 Å². The zero-order valence-electron chi connectivity index (χ0n) is 11.0. The highest BCUT2D eigenvalue weighted by molar-refractivity contribution is 7.99. The number of rotatable bonds is 4. The Balaban J connectivity index is 1.78. The molecule has 1 atom stereocenters. The van der Waals surface area contributed by atoms with Gasteiger partial charge in [0.1, 0.15) is 10.5 Å². The van der Waals surface area contributed by atoms with E-state index in [1.54, 1.807) is 35.9 Å². The first-order valence-electron chi connectivity index (χ1n) is 6.17. The molecule has 4 N–H and O–H groups in total. The third kappa shape index (κ3) is 2.90. The molecule has 2 aromatic rings. The van der Waals surface area contributed by atoms with Gasteiger partial charge in [-0.3, -0.25) is 5.32 Å². The lowest BCUT2D eigenvalue weighted by atomic mass is 10.2. The summed E-state index contributed by atoms with van der Waals surface area (Å²) in [6, 6.07) is 6.33. The minimum Gasteiger partial charge on any atom is -0.337 e. The summed E-state index contributed by atoms with van der Waals surface area (Å²) in [5.74, 6) is 0.816. The van der Waals surface area contributed by atoms with Gasteiger partial charge in [0.15, 0.2) is 5.82 Å². The second kappa shape index (κ2) is 6.01. The van der Waals surface area contributed by atoms with Crippen molar-refractivity contribution >= 4 is 35.0 Å². The number of fused-ring (bicyclic) bond motifs is 2. The van der Waals surface area contributed by atoms with Gasteiger partial charge in [0.2, 0.25) is 0 Å². The molecule has 2 heterocycles. The molecule has 0 spiro atoms. The molecule has 0 saturated carbocycles. The van der Waals surface area contributed by atoms with Gasteiger partial charge in [-0.25, -0.2) is 9.97 Å². The van der Waals surface area contributed by atoms with Gasteiger partial charge >= 0.3 is 0 Å². The molecule has 0 fully saturated rings. The van der Waals surface area contributed by atoms with Crippen LogP contribution in [0.4, 0.5) is 11.5 Å². The minimum absolute atomic E-state index is 0.0417. The highest BCUT2D eigenvalue weighted by atomic mass is 32.2. The quantitative estimate of drug-likeness (QED) is 0.639. The molecule has 1 aliphatic rings. The van der Waals surface area contributed by atoms with E-state index in [0.717, 1.165) is 28.0 Å². The molecule has 0 radical (unpaired) electrons. The maximum atomic E-state index is 5.84. The van der Waals surface area contributed by atoms with Crippen molar-refractivity contribution in [2.75, 3.05) is 11.6 Å². The van der Waals surface area contributed by atoms with Gasteiger partial charge in [0.25, 0.3) is 0 Å². The van der Waals surface area contributed by atoms with Gasteiger partial charge < -0.3 is 11.1 Å². The summed E-state index contributed by atoms with van der Waals surface area (Å²) in [5, 5.41) is 7.49. The van der Waals surface area contributed by atoms with E-state index in [1.807, 2.05) is 6.26 Å². The van der Waals surface area contributed by atoms with Crippen LogP contribution in [0.15, 0.2) is 40.5 Å². The predicted octanol–water partition coefficient (Wildman–Crippen LogP) is 2.38. The molecule has 1 unspecified atom stereocenters. The zero-order valence-corrected chi connectivity index (χ0v) is 12.6. The Hall–Kier alpha value is -1.28. The number of benzene rings is 1. The molecule has 5 nitrogen and oxygen atoms in total. The van der Waals surface area contributed by atoms with Gasteiger partial charge in [-0.05, 0) is 24.0 Å². The molecule has 1 aliphatic heterocycles. The number of nitrogens with zero attached hydrogens (tertiary/aromatic N) is 2. The Kier molecular flexibility index (Phi) is 4.11. The lowest BCUT2D eigenvalue weighted by molar-refractivity contribution is 0.669. The average Bonchev–Trinajstić information content (AvgIpc) is 2.50. The van der Waals surface area contributed by atoms with Crippen LogP contribution in [0, 0.1) is 0 Å². The van der Waals surface area contributed by atoms with Crippen LogP contribution in [0.1, 0.15) is 5.56 Å². The maximum Gasteiger partial charge on any atom is 0.163 e. The molecule has 0 bridgehead atoms. The van der Waals surface area contributed by atoms with Crippen molar-refractivity contribution in [1.82, 2.24) is 15.3 Å². The third-order valence-corrected chi connectivity index (χ3v) is 4.67. The number of anilines is 2. The van der Waals surface area contributed by atoms with E-state index >= 15 is 0 Å². The van der Waals surface area contributed by atoms with Crippen molar-refractivity contribution in [3.63, 3.8) is 0 Å². The van der Waals surface area contributed by atoms with Gasteiger partial charge in [-0.1, -0.05) is 17.8 Å². The molecule has 0 saturated heterocycles. The topological polar surface area (TPSA) is 75.9 Å². The molecule has 0 amide bonds. The second-order valence-electron chi connectivity index (χ2n) is 4.30. The summed E-state index contributed by atoms with van der Waals surface area (Å²) in [5.41, 5.74) is 8.05. The summed E-state index contributed by atoms with van der Waals surface area (Å²) >= 11 is 3.23. The van der Waals surface area contributed by atoms with Gasteiger partial charge in [0.05, 0.1) is 5.69 Å². The lowest BCUT2D eigenvalue weighted by Crippen LogP contribution is -2.33. The van der Waals surface area contributed by atoms with Crippen molar-refractivity contribution in [2.24, 2.45) is 5.73 Å². The molecule has 7 heteroatoms. The monoisotopic (exact) mass is 305 g/mol. The van der Waals surface area contributed by atoms with Crippen molar-refractivity contribution in [1.29, 1.82) is 0 Å². The predicted molar refractivity (Wildman–Crippen MR) is 84.2 cm³/mol. The largest absolute Gasteiger partial charge is 0.337 e. The van der Waals surface area contributed by atoms with Crippen LogP contribution in [0.3, 0.4) is 0 Å². The molecular weight excluding hydrogens is 290 g/mol. The summed E-state index contributed by atoms with van der Waals surface area (Å²) in [4.78, 5) is 9.78. The normalized spacial score (nSPS) is 14.1. The molecule has 20 heavy (non-hydrogen) atoms. The van der Waals surface area contributed by atoms with E-state index in [9.17, 15) is 0 Å². The average molecular weight is 305 g/mol. The van der Waals surface area contributed by atoms with E-state index in [-0.39, 0.29) is 5.50 Å². The molecule has 1 aromatic heterocycles. The van der Waals surface area contributed by atoms with Crippen LogP contribution in [0.5, 0.6) is 0 Å². The van der Waals surface area contributed by atoms with E-state index in [2.05, 4.69) is 38.8 Å². The fourth-order valence-electron chi connectivity index (χ4n) is 1.89. The fourth-order valence-corrected chi connectivity index (χ4v) is 3.02. The Labute approximate surface area is 126 Å². The maximum absolute atomic E-state index is 5.84. The molecule has 0 aliphatic carbocycles. The number of hydrogen-bond donors (Lipinski definition) is 3. The summed E-state index contributed by atoms with van der Waals surface area (Å²) in [6.45, 7) is 0.745. The number of aromatic nitrogens is 2. The van der Waals surface area contributed by atoms with Crippen LogP contribution in [0.2, 0.25) is 0 Å². The molecular formula is C13H15N5S2. The van der Waals surface area contributed by atoms with Gasteiger partial charge in [-0.2, -0.15) is 0 Å². The van der Waals surface area contributed by atoms with Crippen LogP contribution in [-0.4, -0.2) is 21.7 Å². The van der Waals surface area contributed by atoms with Crippen LogP contribution >= 0.6 is 23.5 Å². The Morgan fingerprint density at radius 1 is 1.40 bits per heavy atom. The van der Waals surface area contributed by atoms with Crippen molar-refractivity contribution in [3.8, 4) is 0 Å². The highest BCUT2D eigenvalue weighted by Crippen LogP contribution is 2.41. The fraction of sp³-hybridized carbons (Fsp3) is 0.231. The first-order valence-corrected chi connectivity index (χ1v) is 8.27. The molecule has 1 aromatic carbocycles. The van der Waals surface area contributed by atoms with Crippen LogP contribution < -0.4 is 16.4 Å². The van der Waals surface area contributed by atoms with Gasteiger partial charge in [-0.15, -0.1) is 11.8 Å². The van der Waals surface area contributed by atoms with Crippen molar-refractivity contribution in [3.05, 3.63) is 36.2 Å². The van der Waals surface area contributed by atoms with Crippen LogP contribution in [-0.2, 0) is 6.54 Å². The molecule has 104 valence electrons. The van der Waals surface area contributed by atoms with E-state index in [1.165, 1.54) is 5.56 Å². The number of nitrogens with one attached hydrogen (secondary N) is 2. The third-order valence-electron chi connectivity index (χ3n) is 2.93. The minimum atomic E-state index is -0.0417. The number of hydrogen-bond acceptors (Lipinski definition) is 7. The lowest BCUT2D eigenvalue weighted by Gasteiger charge is -2.19. The Morgan fingerprint density at radius 2 is 2.25 bits per heavy atom. The molecule has 3 rings (SSSR count). The van der Waals surface area contributed by atoms with Crippen molar-refractivity contribution < 1.29 is 0 Å². The number of thioether (sulfide) groups is 1. The van der Waals surface area contributed by atoms with Gasteiger partial charge in [0, 0.05) is 23.8 Å². The van der Waals surface area contributed by atoms with E-state index in [4.69, 9.17) is 5.73 Å². The van der Waals surface area contributed by atoms with Crippen molar-refractivity contribution in [2.45, 2.75) is 22.0 Å². The zero-order chi connectivity index (χ0) is 13.9. The summed E-state index contributed by atoms with van der Waals surface area (Å²) < 4.78 is 0. The Morgan fingerprint density at radius 3 is 3.10 bits per heavy atom. The second-order valence-corrected chi connectivity index (χ2v) is 6.31. The highest BCUT2D eigenvalue weighted by Gasteiger charge is 2.17. The first kappa shape index (κ1) is 13.7. The number of nitrogens with two attached hydrogens (primary N) is 1. The first-order chi connectivity index (χ1) is 9.76. The smallest absolute Gasteiger partial charge is 0.163 e. The SMILES string of the molecule is CSC(N)NCc1ccc2c(c1)Nc1nccnc1S2. The Bertz CT molecular complexity index is 619. The van der Waals surface area contributed by atoms with Crippen LogP contribution in [0.25, 0.3) is 0 Å². The summed E-state index contributed by atoms with van der Waals surface area (Å²) in [7, 11) is 0.